The van der Waals surface area contributed by atoms with Gasteiger partial charge in [0.2, 0.25) is 0 Å². The number of aliphatic hydroxyl groups excluding tert-OH is 1. The van der Waals surface area contributed by atoms with Gasteiger partial charge in [0.15, 0.2) is 0 Å². The number of hydrogen-bond donors (Lipinski definition) is 3. The molecular formula is C23H22FN3O2. The van der Waals surface area contributed by atoms with E-state index >= 15 is 0 Å². The molecule has 0 unspecified atom stereocenters. The van der Waals surface area contributed by atoms with E-state index in [0.717, 1.165) is 29.8 Å². The number of rotatable bonds is 4. The highest BCUT2D eigenvalue weighted by Gasteiger charge is 2.20. The van der Waals surface area contributed by atoms with E-state index in [1.54, 1.807) is 36.4 Å². The van der Waals surface area contributed by atoms with Crippen LogP contribution in [0, 0.1) is 5.82 Å². The van der Waals surface area contributed by atoms with Crippen LogP contribution in [0.25, 0.3) is 11.1 Å². The summed E-state index contributed by atoms with van der Waals surface area (Å²) in [6, 6.07) is 18.8. The molecular weight excluding hydrogens is 369 g/mol. The van der Waals surface area contributed by atoms with Crippen LogP contribution in [0.3, 0.4) is 0 Å². The number of benzene rings is 3. The average Bonchev–Trinajstić information content (AvgIpc) is 3.17. The van der Waals surface area contributed by atoms with E-state index < -0.39 is 0 Å². The van der Waals surface area contributed by atoms with Crippen LogP contribution in [0.15, 0.2) is 66.7 Å². The van der Waals surface area contributed by atoms with Crippen LogP contribution in [-0.2, 0) is 0 Å². The lowest BCUT2D eigenvalue weighted by Gasteiger charge is -2.18. The Morgan fingerprint density at radius 2 is 1.72 bits per heavy atom. The Kier molecular flexibility index (Phi) is 5.18. The third-order valence-electron chi connectivity index (χ3n) is 5.14. The first kappa shape index (κ1) is 19.0. The van der Waals surface area contributed by atoms with Crippen molar-refractivity contribution >= 4 is 23.0 Å². The van der Waals surface area contributed by atoms with E-state index in [2.05, 4.69) is 10.2 Å². The van der Waals surface area contributed by atoms with Crippen LogP contribution in [0.4, 0.5) is 21.5 Å². The van der Waals surface area contributed by atoms with Crippen LogP contribution in [0.1, 0.15) is 16.8 Å². The number of anilines is 3. The van der Waals surface area contributed by atoms with E-state index in [1.165, 1.54) is 12.1 Å². The smallest absolute Gasteiger partial charge is 0.255 e. The van der Waals surface area contributed by atoms with Gasteiger partial charge in [0, 0.05) is 24.3 Å². The van der Waals surface area contributed by atoms with Gasteiger partial charge in [0.05, 0.1) is 17.5 Å². The summed E-state index contributed by atoms with van der Waals surface area (Å²) in [4.78, 5) is 14.8. The van der Waals surface area contributed by atoms with Crippen molar-refractivity contribution in [2.24, 2.45) is 0 Å². The minimum atomic E-state index is -0.301. The molecule has 6 heteroatoms. The van der Waals surface area contributed by atoms with E-state index in [0.29, 0.717) is 23.5 Å². The predicted octanol–water partition coefficient (Wildman–Crippen LogP) is 3.90. The highest BCUT2D eigenvalue weighted by Crippen LogP contribution is 2.28. The number of carbonyl (C=O) groups excluding carboxylic acids is 1. The molecule has 4 N–H and O–H groups in total. The van der Waals surface area contributed by atoms with Crippen molar-refractivity contribution < 1.29 is 14.3 Å². The van der Waals surface area contributed by atoms with Gasteiger partial charge >= 0.3 is 0 Å². The van der Waals surface area contributed by atoms with Crippen LogP contribution in [-0.4, -0.2) is 30.2 Å². The zero-order valence-corrected chi connectivity index (χ0v) is 15.8. The largest absolute Gasteiger partial charge is 0.397 e. The maximum absolute atomic E-state index is 13.2. The van der Waals surface area contributed by atoms with Gasteiger partial charge in [-0.1, -0.05) is 18.2 Å². The minimum absolute atomic E-state index is 0.263. The quantitative estimate of drug-likeness (QED) is 0.590. The number of aliphatic hydroxyl groups is 1. The number of β-amino-alcohol motifs (C(OH)–C–C–N with tert-alkyl or cyclic N) is 1. The first-order chi connectivity index (χ1) is 14.0. The molecule has 0 bridgehead atoms. The summed E-state index contributed by atoms with van der Waals surface area (Å²) in [5.74, 6) is -0.564. The van der Waals surface area contributed by atoms with Crippen molar-refractivity contribution in [1.82, 2.24) is 0 Å². The molecule has 0 spiro atoms. The SMILES string of the molecule is Nc1ccc(-c2ccc(F)cc2)cc1NC(=O)c1ccc(N2CC[C@H](O)C2)cc1. The molecule has 5 nitrogen and oxygen atoms in total. The van der Waals surface area contributed by atoms with Gasteiger partial charge in [-0.2, -0.15) is 0 Å². The van der Waals surface area contributed by atoms with Crippen molar-refractivity contribution in [3.05, 3.63) is 78.1 Å². The number of nitrogens with two attached hydrogens (primary N) is 1. The number of nitrogens with one attached hydrogen (secondary N) is 1. The lowest BCUT2D eigenvalue weighted by Crippen LogP contribution is -2.21. The number of halogens is 1. The second kappa shape index (κ2) is 7.93. The normalized spacial score (nSPS) is 16.1. The number of amides is 1. The maximum atomic E-state index is 13.2. The van der Waals surface area contributed by atoms with E-state index in [-0.39, 0.29) is 17.8 Å². The molecule has 1 fully saturated rings. The molecule has 1 aliphatic heterocycles. The monoisotopic (exact) mass is 391 g/mol. The number of carbonyl (C=O) groups is 1. The fraction of sp³-hybridized carbons (Fsp3) is 0.174. The molecule has 4 rings (SSSR count). The third-order valence-corrected chi connectivity index (χ3v) is 5.14. The lowest BCUT2D eigenvalue weighted by molar-refractivity contribution is 0.102. The molecule has 1 saturated heterocycles. The molecule has 1 amide bonds. The van der Waals surface area contributed by atoms with Crippen molar-refractivity contribution in [3.63, 3.8) is 0 Å². The number of hydrogen-bond acceptors (Lipinski definition) is 4. The molecule has 1 atom stereocenters. The van der Waals surface area contributed by atoms with Gasteiger partial charge in [-0.25, -0.2) is 4.39 Å². The summed E-state index contributed by atoms with van der Waals surface area (Å²) in [6.45, 7) is 1.41. The van der Waals surface area contributed by atoms with Crippen LogP contribution < -0.4 is 16.0 Å². The van der Waals surface area contributed by atoms with Gasteiger partial charge in [0.1, 0.15) is 5.82 Å². The number of nitrogens with zero attached hydrogens (tertiary/aromatic N) is 1. The summed E-state index contributed by atoms with van der Waals surface area (Å²) in [7, 11) is 0. The van der Waals surface area contributed by atoms with Crippen molar-refractivity contribution in [2.45, 2.75) is 12.5 Å². The Morgan fingerprint density at radius 1 is 1.03 bits per heavy atom. The molecule has 3 aromatic rings. The fourth-order valence-corrected chi connectivity index (χ4v) is 3.48. The van der Waals surface area contributed by atoms with Crippen molar-refractivity contribution in [2.75, 3.05) is 29.0 Å². The Labute approximate surface area is 168 Å². The second-order valence-corrected chi connectivity index (χ2v) is 7.20. The van der Waals surface area contributed by atoms with Crippen molar-refractivity contribution in [3.8, 4) is 11.1 Å². The number of nitrogen functional groups attached to an aromatic ring is 1. The van der Waals surface area contributed by atoms with Gasteiger partial charge in [0.25, 0.3) is 5.91 Å². The molecule has 1 aliphatic rings. The fourth-order valence-electron chi connectivity index (χ4n) is 3.48. The topological polar surface area (TPSA) is 78.6 Å². The molecule has 0 saturated carbocycles. The summed E-state index contributed by atoms with van der Waals surface area (Å²) in [5.41, 5.74) is 10.1. The summed E-state index contributed by atoms with van der Waals surface area (Å²) in [5, 5.41) is 12.5. The lowest BCUT2D eigenvalue weighted by atomic mass is 10.0. The van der Waals surface area contributed by atoms with Crippen LogP contribution in [0.2, 0.25) is 0 Å². The zero-order chi connectivity index (χ0) is 20.4. The first-order valence-electron chi connectivity index (χ1n) is 9.49. The molecule has 1 heterocycles. The summed E-state index contributed by atoms with van der Waals surface area (Å²) in [6.07, 6.45) is 0.459. The summed E-state index contributed by atoms with van der Waals surface area (Å²) >= 11 is 0. The van der Waals surface area contributed by atoms with Crippen molar-refractivity contribution in [1.29, 1.82) is 0 Å². The Bertz CT molecular complexity index is 1020. The molecule has 0 aromatic heterocycles. The Morgan fingerprint density at radius 3 is 2.38 bits per heavy atom. The van der Waals surface area contributed by atoms with E-state index in [9.17, 15) is 14.3 Å². The average molecular weight is 391 g/mol. The third kappa shape index (κ3) is 4.22. The van der Waals surface area contributed by atoms with E-state index in [4.69, 9.17) is 5.73 Å². The van der Waals surface area contributed by atoms with Gasteiger partial charge in [-0.05, 0) is 66.1 Å². The molecule has 29 heavy (non-hydrogen) atoms. The standard InChI is InChI=1S/C23H22FN3O2/c24-18-6-1-15(2-7-18)17-5-10-21(25)22(13-17)26-23(29)16-3-8-19(9-4-16)27-12-11-20(28)14-27/h1-10,13,20,28H,11-12,14,25H2,(H,26,29)/t20-/m0/s1. The summed E-state index contributed by atoms with van der Waals surface area (Å²) < 4.78 is 13.2. The molecule has 0 aliphatic carbocycles. The molecule has 3 aromatic carbocycles. The Balaban J connectivity index is 1.50. The second-order valence-electron chi connectivity index (χ2n) is 7.20. The van der Waals surface area contributed by atoms with Crippen LogP contribution in [0.5, 0.6) is 0 Å². The first-order valence-corrected chi connectivity index (χ1v) is 9.49. The predicted molar refractivity (Wildman–Crippen MR) is 113 cm³/mol. The van der Waals surface area contributed by atoms with Gasteiger partial charge in [-0.15, -0.1) is 0 Å². The van der Waals surface area contributed by atoms with Gasteiger partial charge in [-0.3, -0.25) is 4.79 Å². The highest BCUT2D eigenvalue weighted by atomic mass is 19.1. The Hall–Kier alpha value is -3.38. The molecule has 148 valence electrons. The maximum Gasteiger partial charge on any atom is 0.255 e. The zero-order valence-electron chi connectivity index (χ0n) is 15.8. The van der Waals surface area contributed by atoms with Gasteiger partial charge < -0.3 is 21.1 Å². The van der Waals surface area contributed by atoms with E-state index in [1.807, 2.05) is 18.2 Å². The molecule has 0 radical (unpaired) electrons. The highest BCUT2D eigenvalue weighted by molar-refractivity contribution is 6.06. The minimum Gasteiger partial charge on any atom is -0.397 e. The van der Waals surface area contributed by atoms with Crippen LogP contribution >= 0.6 is 0 Å².